The van der Waals surface area contributed by atoms with E-state index in [0.29, 0.717) is 31.5 Å². The molecule has 0 saturated heterocycles. The van der Waals surface area contributed by atoms with Gasteiger partial charge in [0.1, 0.15) is 5.70 Å². The minimum Gasteiger partial charge on any atom is -0.393 e. The van der Waals surface area contributed by atoms with Gasteiger partial charge >= 0.3 is 6.18 Å². The molecule has 0 aliphatic carbocycles. The number of aromatic nitrogens is 5. The first-order valence-corrected chi connectivity index (χ1v) is 12.5. The van der Waals surface area contributed by atoms with Gasteiger partial charge in [-0.05, 0) is 36.6 Å². The summed E-state index contributed by atoms with van der Waals surface area (Å²) in [5.41, 5.74) is 4.84. The predicted molar refractivity (Wildman–Crippen MR) is 138 cm³/mol. The van der Waals surface area contributed by atoms with E-state index in [2.05, 4.69) is 30.9 Å². The van der Waals surface area contributed by atoms with Crippen molar-refractivity contribution in [2.45, 2.75) is 51.5 Å². The quantitative estimate of drug-likeness (QED) is 0.0760. The lowest BCUT2D eigenvalue weighted by Crippen LogP contribution is -2.33. The number of halogens is 5. The van der Waals surface area contributed by atoms with Crippen molar-refractivity contribution in [2.75, 3.05) is 6.54 Å². The molecule has 12 nitrogen and oxygen atoms in total. The van der Waals surface area contributed by atoms with E-state index >= 15 is 0 Å². The van der Waals surface area contributed by atoms with Crippen LogP contribution in [0.25, 0.3) is 0 Å². The summed E-state index contributed by atoms with van der Waals surface area (Å²) < 4.78 is 66.8. The minimum atomic E-state index is -4.52. The Morgan fingerprint density at radius 3 is 2.55 bits per heavy atom. The predicted octanol–water partition coefficient (Wildman–Crippen LogP) is 2.20. The summed E-state index contributed by atoms with van der Waals surface area (Å²) in [5.74, 6) is 1.54. The molecule has 6 N–H and O–H groups in total. The summed E-state index contributed by atoms with van der Waals surface area (Å²) >= 11 is 0. The number of amides is 2. The molecular weight excluding hydrogens is 567 g/mol. The molecule has 17 heteroatoms. The van der Waals surface area contributed by atoms with Crippen LogP contribution in [-0.2, 0) is 36.5 Å². The number of carbonyl (C=O) groups excluding carboxylic acids is 2. The Morgan fingerprint density at radius 1 is 1.07 bits per heavy atom. The highest BCUT2D eigenvalue weighted by atomic mass is 19.4. The highest BCUT2D eigenvalue weighted by Gasteiger charge is 2.30. The molecule has 3 aromatic rings. The molecule has 2 amide bonds. The van der Waals surface area contributed by atoms with Gasteiger partial charge in [-0.3, -0.25) is 24.2 Å². The molecule has 0 spiro atoms. The summed E-state index contributed by atoms with van der Waals surface area (Å²) in [7, 11) is 0. The van der Waals surface area contributed by atoms with E-state index in [4.69, 9.17) is 11.6 Å². The summed E-state index contributed by atoms with van der Waals surface area (Å²) in [5, 5.41) is 13.8. The van der Waals surface area contributed by atoms with Gasteiger partial charge in [-0.15, -0.1) is 5.10 Å². The van der Waals surface area contributed by atoms with Crippen molar-refractivity contribution >= 4 is 11.8 Å². The van der Waals surface area contributed by atoms with Crippen LogP contribution >= 0.6 is 0 Å². The molecule has 0 fully saturated rings. The van der Waals surface area contributed by atoms with Crippen LogP contribution < -0.4 is 22.2 Å². The number of hydrogen-bond donors (Lipinski definition) is 4. The molecule has 0 bridgehead atoms. The van der Waals surface area contributed by atoms with Crippen molar-refractivity contribution in [2.24, 2.45) is 11.6 Å². The lowest BCUT2D eigenvalue weighted by molar-refractivity contribution is -0.137. The summed E-state index contributed by atoms with van der Waals surface area (Å²) in [6, 6.07) is 2.93. The molecule has 0 aliphatic heterocycles. The van der Waals surface area contributed by atoms with E-state index in [0.717, 1.165) is 31.5 Å². The fraction of sp³-hybridized carbons (Fsp3) is 0.360. The Bertz CT molecular complexity index is 1400. The highest BCUT2D eigenvalue weighted by molar-refractivity contribution is 5.92. The fourth-order valence-corrected chi connectivity index (χ4v) is 3.50. The van der Waals surface area contributed by atoms with Crippen molar-refractivity contribution in [3.8, 4) is 0 Å². The van der Waals surface area contributed by atoms with Crippen LogP contribution in [0.15, 0.2) is 54.9 Å². The summed E-state index contributed by atoms with van der Waals surface area (Å²) in [6.45, 7) is 1.16. The average Bonchev–Trinajstić information content (AvgIpc) is 3.41. The molecular formula is C25H29F5N10O2. The number of nitrogens with zero attached hydrogens (tertiary/aromatic N) is 6. The van der Waals surface area contributed by atoms with Crippen LogP contribution in [0.4, 0.5) is 22.0 Å². The Labute approximate surface area is 236 Å². The van der Waals surface area contributed by atoms with Crippen LogP contribution in [-0.4, -0.2) is 48.3 Å². The lowest BCUT2D eigenvalue weighted by Gasteiger charge is -2.15. The first kappa shape index (κ1) is 31.9. The van der Waals surface area contributed by atoms with Gasteiger partial charge in [-0.1, -0.05) is 5.21 Å². The van der Waals surface area contributed by atoms with E-state index < -0.39 is 29.5 Å². The number of nitrogens with two attached hydrogens (primary N) is 2. The van der Waals surface area contributed by atoms with Gasteiger partial charge in [0, 0.05) is 56.9 Å². The molecule has 0 unspecified atom stereocenters. The van der Waals surface area contributed by atoms with Crippen molar-refractivity contribution in [1.82, 2.24) is 40.6 Å². The van der Waals surface area contributed by atoms with Crippen LogP contribution in [0, 0.1) is 0 Å². The molecule has 3 heterocycles. The molecule has 3 aromatic heterocycles. The second-order valence-electron chi connectivity index (χ2n) is 9.27. The summed E-state index contributed by atoms with van der Waals surface area (Å²) in [4.78, 5) is 32.1. The molecule has 0 radical (unpaired) electrons. The maximum absolute atomic E-state index is 13.5. The second kappa shape index (κ2) is 13.8. The SMILES string of the molecule is CC(F)(F)c1cncc(CNC(=O)/C(N)=C/N(N)CCCCn2cc(C(=O)NCc3cc(C(F)(F)F)ccn3)nn2)c1. The third-order valence-corrected chi connectivity index (χ3v) is 5.72. The van der Waals surface area contributed by atoms with Crippen molar-refractivity contribution in [3.05, 3.63) is 83.0 Å². The third-order valence-electron chi connectivity index (χ3n) is 5.72. The first-order chi connectivity index (χ1) is 19.7. The van der Waals surface area contributed by atoms with Crippen LogP contribution in [0.1, 0.15) is 52.6 Å². The Balaban J connectivity index is 1.38. The number of pyridine rings is 2. The number of hydrazine groups is 1. The largest absolute Gasteiger partial charge is 0.416 e. The number of aryl methyl sites for hydroxylation is 1. The van der Waals surface area contributed by atoms with Gasteiger partial charge in [-0.2, -0.15) is 13.2 Å². The molecule has 0 aromatic carbocycles. The lowest BCUT2D eigenvalue weighted by atomic mass is 10.1. The zero-order chi connectivity index (χ0) is 30.9. The third kappa shape index (κ3) is 9.76. The second-order valence-corrected chi connectivity index (χ2v) is 9.27. The molecule has 0 atom stereocenters. The standard InChI is InChI=1S/C25H29F5N10O2/c1-24(26,27)18-8-16(10-33-12-18)11-35-22(41)20(31)14-39(32)6-2-3-7-40-15-21(37-38-40)23(42)36-13-19-9-17(4-5-34-19)25(28,29)30/h4-5,8-10,12,14-15H,2-3,6-7,11,13,31-32H2,1H3,(H,35,41)(H,36,42)/b20-14-. The number of unbranched alkanes of at least 4 members (excludes halogenated alkanes) is 1. The summed E-state index contributed by atoms with van der Waals surface area (Å²) in [6.07, 6.45) is 2.65. The van der Waals surface area contributed by atoms with Crippen LogP contribution in [0.2, 0.25) is 0 Å². The van der Waals surface area contributed by atoms with E-state index in [1.54, 1.807) is 0 Å². The van der Waals surface area contributed by atoms with Gasteiger partial charge in [0.25, 0.3) is 17.7 Å². The fourth-order valence-electron chi connectivity index (χ4n) is 3.50. The Kier molecular flexibility index (Phi) is 10.5. The Morgan fingerprint density at radius 2 is 1.83 bits per heavy atom. The number of carbonyl (C=O) groups is 2. The number of alkyl halides is 5. The zero-order valence-corrected chi connectivity index (χ0v) is 22.4. The average molecular weight is 597 g/mol. The van der Waals surface area contributed by atoms with Gasteiger partial charge in [0.15, 0.2) is 5.69 Å². The number of rotatable bonds is 13. The van der Waals surface area contributed by atoms with Crippen molar-refractivity contribution < 1.29 is 31.5 Å². The van der Waals surface area contributed by atoms with Crippen LogP contribution in [0.3, 0.4) is 0 Å². The maximum atomic E-state index is 13.5. The van der Waals surface area contributed by atoms with Gasteiger partial charge in [0.2, 0.25) is 0 Å². The van der Waals surface area contributed by atoms with E-state index in [-0.39, 0.29) is 35.7 Å². The van der Waals surface area contributed by atoms with E-state index in [1.807, 2.05) is 0 Å². The highest BCUT2D eigenvalue weighted by Crippen LogP contribution is 2.29. The molecule has 42 heavy (non-hydrogen) atoms. The molecule has 0 aliphatic rings. The van der Waals surface area contributed by atoms with Crippen molar-refractivity contribution in [3.63, 3.8) is 0 Å². The number of nitrogens with one attached hydrogen (secondary N) is 2. The first-order valence-electron chi connectivity index (χ1n) is 12.5. The molecule has 0 saturated carbocycles. The topological polar surface area (TPSA) is 170 Å². The molecule has 3 rings (SSSR count). The van der Waals surface area contributed by atoms with Gasteiger partial charge in [0.05, 0.1) is 24.0 Å². The van der Waals surface area contributed by atoms with E-state index in [9.17, 15) is 31.5 Å². The van der Waals surface area contributed by atoms with Gasteiger partial charge in [-0.25, -0.2) is 14.6 Å². The molecule has 226 valence electrons. The van der Waals surface area contributed by atoms with E-state index in [1.165, 1.54) is 34.4 Å². The smallest absolute Gasteiger partial charge is 0.393 e. The monoisotopic (exact) mass is 596 g/mol. The van der Waals surface area contributed by atoms with Crippen LogP contribution in [0.5, 0.6) is 0 Å². The Hall–Kier alpha value is -4.67. The van der Waals surface area contributed by atoms with Gasteiger partial charge < -0.3 is 21.4 Å². The number of hydrogen-bond acceptors (Lipinski definition) is 9. The normalized spacial score (nSPS) is 12.2. The minimum absolute atomic E-state index is 0.0185. The maximum Gasteiger partial charge on any atom is 0.416 e. The zero-order valence-electron chi connectivity index (χ0n) is 22.4. The van der Waals surface area contributed by atoms with Crippen molar-refractivity contribution in [1.29, 1.82) is 0 Å².